The second kappa shape index (κ2) is 6.88. The quantitative estimate of drug-likeness (QED) is 0.424. The minimum absolute atomic E-state index is 0.197. The first-order valence-corrected chi connectivity index (χ1v) is 7.94. The zero-order valence-electron chi connectivity index (χ0n) is 10.9. The first-order valence-electron chi connectivity index (χ1n) is 5.42. The Hall–Kier alpha value is 0.100. The van der Waals surface area contributed by atoms with Gasteiger partial charge in [0.05, 0.1) is 13.2 Å². The van der Waals surface area contributed by atoms with Crippen LogP contribution in [0.15, 0.2) is 0 Å². The van der Waals surface area contributed by atoms with E-state index in [1.807, 2.05) is 0 Å². The van der Waals surface area contributed by atoms with Crippen molar-refractivity contribution in [3.05, 3.63) is 0 Å². The van der Waals surface area contributed by atoms with Gasteiger partial charge in [-0.05, 0) is 34.6 Å². The zero-order chi connectivity index (χ0) is 13.7. The summed E-state index contributed by atoms with van der Waals surface area (Å²) in [6, 6.07) is 0. The Bertz CT molecular complexity index is 290. The van der Waals surface area contributed by atoms with Gasteiger partial charge in [0.2, 0.25) is 4.57 Å². The Kier molecular flexibility index (Phi) is 6.92. The summed E-state index contributed by atoms with van der Waals surface area (Å²) in [5, 5.41) is 0. The van der Waals surface area contributed by atoms with Gasteiger partial charge in [0.25, 0.3) is 0 Å². The minimum atomic E-state index is -3.51. The van der Waals surface area contributed by atoms with Crippen LogP contribution in [-0.2, 0) is 23.1 Å². The molecule has 7 heteroatoms. The fraction of sp³-hybridized carbons (Fsp3) is 0.900. The highest BCUT2D eigenvalue weighted by molar-refractivity contribution is 9.11. The van der Waals surface area contributed by atoms with Gasteiger partial charge in [-0.1, -0.05) is 15.9 Å². The molecule has 0 spiro atoms. The summed E-state index contributed by atoms with van der Waals surface area (Å²) in [5.41, 5.74) is -0.646. The molecule has 0 saturated carbocycles. The highest BCUT2D eigenvalue weighted by atomic mass is 79.9. The molecule has 0 aliphatic rings. The fourth-order valence-electron chi connectivity index (χ4n) is 1.01. The Balaban J connectivity index is 4.78. The monoisotopic (exact) mass is 330 g/mol. The molecule has 0 amide bonds. The molecule has 0 heterocycles. The third-order valence-corrected chi connectivity index (χ3v) is 5.38. The number of esters is 1. The summed E-state index contributed by atoms with van der Waals surface area (Å²) in [5.74, 6) is -0.650. The van der Waals surface area contributed by atoms with Crippen LogP contribution in [-0.4, -0.2) is 29.4 Å². The molecule has 0 N–H and O–H groups in total. The van der Waals surface area contributed by atoms with Crippen LogP contribution in [0, 0.1) is 0 Å². The Labute approximate surface area is 111 Å². The van der Waals surface area contributed by atoms with Gasteiger partial charge >= 0.3 is 13.6 Å². The van der Waals surface area contributed by atoms with E-state index in [0.717, 1.165) is 0 Å². The molecule has 5 nitrogen and oxygen atoms in total. The molecule has 0 fully saturated rings. The standard InChI is InChI=1S/C10H20BrO5P/c1-6-14-17(13,15-7-2)8(11)9(12)16-10(3,4)5/h8H,6-7H2,1-5H3. The number of hydrogen-bond acceptors (Lipinski definition) is 5. The van der Waals surface area contributed by atoms with Crippen molar-refractivity contribution in [2.24, 2.45) is 0 Å². The van der Waals surface area contributed by atoms with Crippen LogP contribution in [0.2, 0.25) is 0 Å². The van der Waals surface area contributed by atoms with Crippen molar-refractivity contribution in [1.82, 2.24) is 0 Å². The van der Waals surface area contributed by atoms with E-state index in [-0.39, 0.29) is 13.2 Å². The van der Waals surface area contributed by atoms with Crippen LogP contribution in [0.4, 0.5) is 0 Å². The lowest BCUT2D eigenvalue weighted by molar-refractivity contribution is -0.152. The number of alkyl halides is 1. The molecular formula is C10H20BrO5P. The summed E-state index contributed by atoms with van der Waals surface area (Å²) in [7, 11) is -3.51. The van der Waals surface area contributed by atoms with Crippen molar-refractivity contribution in [2.75, 3.05) is 13.2 Å². The van der Waals surface area contributed by atoms with E-state index in [2.05, 4.69) is 15.9 Å². The first kappa shape index (κ1) is 17.1. The molecular weight excluding hydrogens is 311 g/mol. The average molecular weight is 331 g/mol. The minimum Gasteiger partial charge on any atom is -0.459 e. The molecule has 0 aromatic heterocycles. The van der Waals surface area contributed by atoms with Crippen LogP contribution in [0.25, 0.3) is 0 Å². The Morgan fingerprint density at radius 2 is 1.65 bits per heavy atom. The molecule has 17 heavy (non-hydrogen) atoms. The summed E-state index contributed by atoms with van der Waals surface area (Å²) < 4.78 is 26.4. The fourth-order valence-corrected chi connectivity index (χ4v) is 3.18. The van der Waals surface area contributed by atoms with Crippen LogP contribution in [0.1, 0.15) is 34.6 Å². The number of hydrogen-bond donors (Lipinski definition) is 0. The van der Waals surface area contributed by atoms with E-state index in [1.165, 1.54) is 0 Å². The second-order valence-corrected chi connectivity index (χ2v) is 7.98. The van der Waals surface area contributed by atoms with Crippen molar-refractivity contribution < 1.29 is 23.1 Å². The van der Waals surface area contributed by atoms with Gasteiger partial charge in [-0.25, -0.2) is 0 Å². The molecule has 0 aliphatic heterocycles. The largest absolute Gasteiger partial charge is 0.459 e. The van der Waals surface area contributed by atoms with Crippen molar-refractivity contribution in [3.63, 3.8) is 0 Å². The van der Waals surface area contributed by atoms with Gasteiger partial charge in [-0.15, -0.1) is 0 Å². The summed E-state index contributed by atoms with van der Waals surface area (Å²) in [4.78, 5) is 11.8. The predicted molar refractivity (Wildman–Crippen MR) is 69.4 cm³/mol. The van der Waals surface area contributed by atoms with Gasteiger partial charge in [0.1, 0.15) is 5.60 Å². The molecule has 1 atom stereocenters. The number of rotatable bonds is 6. The zero-order valence-corrected chi connectivity index (χ0v) is 13.3. The molecule has 102 valence electrons. The lowest BCUT2D eigenvalue weighted by Crippen LogP contribution is -2.29. The van der Waals surface area contributed by atoms with Gasteiger partial charge in [0, 0.05) is 0 Å². The van der Waals surface area contributed by atoms with E-state index in [0.29, 0.717) is 0 Å². The smallest absolute Gasteiger partial charge is 0.355 e. The maximum atomic E-state index is 12.2. The third kappa shape index (κ3) is 6.00. The Morgan fingerprint density at radius 3 is 1.94 bits per heavy atom. The van der Waals surface area contributed by atoms with Crippen LogP contribution < -0.4 is 0 Å². The number of carbonyl (C=O) groups excluding carboxylic acids is 1. The molecule has 0 aromatic carbocycles. The number of halogens is 1. The number of carbonyl (C=O) groups is 1. The molecule has 0 rings (SSSR count). The number of ether oxygens (including phenoxy) is 1. The van der Waals surface area contributed by atoms with Crippen molar-refractivity contribution >= 4 is 29.5 Å². The van der Waals surface area contributed by atoms with Gasteiger partial charge in [-0.3, -0.25) is 9.36 Å². The SMILES string of the molecule is CCOP(=O)(OCC)C(Br)C(=O)OC(C)(C)C. The molecule has 0 saturated heterocycles. The Morgan fingerprint density at radius 1 is 1.24 bits per heavy atom. The van der Waals surface area contributed by atoms with Crippen molar-refractivity contribution in [2.45, 2.75) is 44.8 Å². The van der Waals surface area contributed by atoms with Gasteiger partial charge < -0.3 is 13.8 Å². The van der Waals surface area contributed by atoms with Gasteiger partial charge in [0.15, 0.2) is 0 Å². The van der Waals surface area contributed by atoms with E-state index in [9.17, 15) is 9.36 Å². The molecule has 0 bridgehead atoms. The molecule has 0 aliphatic carbocycles. The topological polar surface area (TPSA) is 61.8 Å². The van der Waals surface area contributed by atoms with E-state index in [4.69, 9.17) is 13.8 Å². The van der Waals surface area contributed by atoms with Crippen molar-refractivity contribution in [1.29, 1.82) is 0 Å². The third-order valence-electron chi connectivity index (χ3n) is 1.50. The highest BCUT2D eigenvalue weighted by Crippen LogP contribution is 2.56. The van der Waals surface area contributed by atoms with E-state index in [1.54, 1.807) is 34.6 Å². The normalized spacial score (nSPS) is 14.5. The summed E-state index contributed by atoms with van der Waals surface area (Å²) in [6.45, 7) is 8.95. The van der Waals surface area contributed by atoms with E-state index < -0.39 is 23.7 Å². The first-order chi connectivity index (χ1) is 7.66. The average Bonchev–Trinajstić information content (AvgIpc) is 2.14. The van der Waals surface area contributed by atoms with Crippen molar-refractivity contribution in [3.8, 4) is 0 Å². The predicted octanol–water partition coefficient (Wildman–Crippen LogP) is 3.32. The molecule has 0 aromatic rings. The lowest BCUT2D eigenvalue weighted by atomic mass is 10.2. The molecule has 0 radical (unpaired) electrons. The van der Waals surface area contributed by atoms with Crippen LogP contribution in [0.3, 0.4) is 0 Å². The summed E-state index contributed by atoms with van der Waals surface area (Å²) in [6.07, 6.45) is 0. The van der Waals surface area contributed by atoms with E-state index >= 15 is 0 Å². The lowest BCUT2D eigenvalue weighted by Gasteiger charge is -2.25. The molecule has 1 unspecified atom stereocenters. The second-order valence-electron chi connectivity index (χ2n) is 4.24. The highest BCUT2D eigenvalue weighted by Gasteiger charge is 2.41. The maximum absolute atomic E-state index is 12.2. The summed E-state index contributed by atoms with van der Waals surface area (Å²) >= 11 is 3.03. The van der Waals surface area contributed by atoms with Crippen LogP contribution in [0.5, 0.6) is 0 Å². The van der Waals surface area contributed by atoms with Crippen LogP contribution >= 0.6 is 23.5 Å². The maximum Gasteiger partial charge on any atom is 0.355 e. The van der Waals surface area contributed by atoms with Gasteiger partial charge in [-0.2, -0.15) is 0 Å².